The maximum Gasteiger partial charge on any atom is 0.222 e. The summed E-state index contributed by atoms with van der Waals surface area (Å²) in [5, 5.41) is 1.66. The molecule has 1 fully saturated rings. The lowest BCUT2D eigenvalue weighted by molar-refractivity contribution is -0.131. The number of halogens is 1. The molecular weight excluding hydrogens is 466 g/mol. The van der Waals surface area contributed by atoms with Crippen LogP contribution in [0.5, 0.6) is 0 Å². The predicted octanol–water partition coefficient (Wildman–Crippen LogP) is 4.47. The van der Waals surface area contributed by atoms with Gasteiger partial charge in [0.05, 0.1) is 20.9 Å². The molecule has 0 saturated carbocycles. The zero-order valence-electron chi connectivity index (χ0n) is 18.2. The zero-order valence-corrected chi connectivity index (χ0v) is 20.6. The first-order valence-electron chi connectivity index (χ1n) is 10.6. The molecule has 2 heterocycles. The van der Waals surface area contributed by atoms with Crippen molar-refractivity contribution in [1.82, 2.24) is 9.88 Å². The van der Waals surface area contributed by atoms with Gasteiger partial charge in [-0.3, -0.25) is 4.79 Å². The van der Waals surface area contributed by atoms with E-state index < -0.39 is 9.84 Å². The van der Waals surface area contributed by atoms with E-state index in [-0.39, 0.29) is 18.1 Å². The van der Waals surface area contributed by atoms with Gasteiger partial charge >= 0.3 is 0 Å². The Morgan fingerprint density at radius 1 is 1.06 bits per heavy atom. The summed E-state index contributed by atoms with van der Waals surface area (Å²) < 4.78 is 26.1. The Kier molecular flexibility index (Phi) is 6.74. The standard InChI is InChI=1S/C23H26ClN3O3S2/c1-16-5-7-18(8-6-16)32(29,30)15-3-4-21(28)26-11-13-27(14-12-26)23-25-22-17(2)19(24)9-10-20(22)31-23/h5-10H,3-4,11-15H2,1-2H3. The monoisotopic (exact) mass is 491 g/mol. The lowest BCUT2D eigenvalue weighted by Gasteiger charge is -2.34. The van der Waals surface area contributed by atoms with Crippen molar-refractivity contribution in [3.8, 4) is 0 Å². The topological polar surface area (TPSA) is 70.6 Å². The molecule has 0 aliphatic carbocycles. The molecular formula is C23H26ClN3O3S2. The number of hydrogen-bond donors (Lipinski definition) is 0. The van der Waals surface area contributed by atoms with Crippen LogP contribution in [0.4, 0.5) is 5.13 Å². The van der Waals surface area contributed by atoms with Gasteiger partial charge in [0, 0.05) is 37.6 Å². The van der Waals surface area contributed by atoms with Gasteiger partial charge in [-0.05, 0) is 50.1 Å². The number of rotatable bonds is 6. The molecule has 170 valence electrons. The van der Waals surface area contributed by atoms with Gasteiger partial charge in [-0.15, -0.1) is 0 Å². The predicted molar refractivity (Wildman–Crippen MR) is 131 cm³/mol. The molecule has 0 N–H and O–H groups in total. The second kappa shape index (κ2) is 9.37. The highest BCUT2D eigenvalue weighted by molar-refractivity contribution is 7.91. The van der Waals surface area contributed by atoms with E-state index in [1.807, 2.05) is 30.9 Å². The molecule has 0 unspecified atom stereocenters. The summed E-state index contributed by atoms with van der Waals surface area (Å²) in [4.78, 5) is 21.7. The molecule has 1 amide bonds. The van der Waals surface area contributed by atoms with Crippen molar-refractivity contribution in [2.24, 2.45) is 0 Å². The van der Waals surface area contributed by atoms with Gasteiger partial charge in [0.1, 0.15) is 0 Å². The third-order valence-electron chi connectivity index (χ3n) is 5.82. The van der Waals surface area contributed by atoms with E-state index in [4.69, 9.17) is 16.6 Å². The Labute approximate surface area is 197 Å². The van der Waals surface area contributed by atoms with Crippen LogP contribution in [0.3, 0.4) is 0 Å². The molecule has 1 saturated heterocycles. The quantitative estimate of drug-likeness (QED) is 0.508. The van der Waals surface area contributed by atoms with Crippen LogP contribution in [0.25, 0.3) is 10.2 Å². The molecule has 6 nitrogen and oxygen atoms in total. The van der Waals surface area contributed by atoms with Gasteiger partial charge in [0.25, 0.3) is 0 Å². The van der Waals surface area contributed by atoms with Crippen molar-refractivity contribution < 1.29 is 13.2 Å². The van der Waals surface area contributed by atoms with E-state index >= 15 is 0 Å². The van der Waals surface area contributed by atoms with Crippen molar-refractivity contribution in [3.63, 3.8) is 0 Å². The van der Waals surface area contributed by atoms with Crippen LogP contribution in [0, 0.1) is 13.8 Å². The number of nitrogens with zero attached hydrogens (tertiary/aromatic N) is 3. The van der Waals surface area contributed by atoms with E-state index in [9.17, 15) is 13.2 Å². The lowest BCUT2D eigenvalue weighted by atomic mass is 10.2. The average Bonchev–Trinajstić information content (AvgIpc) is 3.22. The van der Waals surface area contributed by atoms with Crippen LogP contribution >= 0.6 is 22.9 Å². The van der Waals surface area contributed by atoms with Crippen molar-refractivity contribution in [2.45, 2.75) is 31.6 Å². The Morgan fingerprint density at radius 2 is 1.75 bits per heavy atom. The SMILES string of the molecule is Cc1ccc(S(=O)(=O)CCCC(=O)N2CCN(c3nc4c(C)c(Cl)ccc4s3)CC2)cc1. The first-order valence-corrected chi connectivity index (χ1v) is 13.5. The molecule has 32 heavy (non-hydrogen) atoms. The Balaban J connectivity index is 1.29. The lowest BCUT2D eigenvalue weighted by Crippen LogP contribution is -2.48. The smallest absolute Gasteiger partial charge is 0.222 e. The largest absolute Gasteiger partial charge is 0.345 e. The molecule has 1 aliphatic rings. The molecule has 0 spiro atoms. The summed E-state index contributed by atoms with van der Waals surface area (Å²) in [7, 11) is -3.36. The molecule has 2 aromatic carbocycles. The number of carbonyl (C=O) groups excluding carboxylic acids is 1. The number of benzene rings is 2. The highest BCUT2D eigenvalue weighted by Gasteiger charge is 2.24. The third kappa shape index (κ3) is 4.92. The third-order valence-corrected chi connectivity index (χ3v) is 9.13. The van der Waals surface area contributed by atoms with Gasteiger partial charge in [-0.25, -0.2) is 13.4 Å². The number of sulfone groups is 1. The summed E-state index contributed by atoms with van der Waals surface area (Å²) in [6, 6.07) is 10.7. The Morgan fingerprint density at radius 3 is 2.44 bits per heavy atom. The maximum atomic E-state index is 12.6. The molecule has 3 aromatic rings. The minimum absolute atomic E-state index is 0.00989. The van der Waals surface area contributed by atoms with E-state index in [0.29, 0.717) is 42.5 Å². The van der Waals surface area contributed by atoms with Crippen LogP contribution in [0.2, 0.25) is 5.02 Å². The van der Waals surface area contributed by atoms with Gasteiger partial charge in [0.2, 0.25) is 5.91 Å². The van der Waals surface area contributed by atoms with Crippen molar-refractivity contribution in [3.05, 3.63) is 52.5 Å². The Hall–Kier alpha value is -2.16. The van der Waals surface area contributed by atoms with E-state index in [2.05, 4.69) is 4.90 Å². The number of aromatic nitrogens is 1. The fourth-order valence-electron chi connectivity index (χ4n) is 3.81. The Bertz CT molecular complexity index is 1230. The zero-order chi connectivity index (χ0) is 22.9. The first kappa shape index (κ1) is 23.0. The number of fused-ring (bicyclic) bond motifs is 1. The molecule has 1 aliphatic heterocycles. The van der Waals surface area contributed by atoms with Crippen molar-refractivity contribution in [1.29, 1.82) is 0 Å². The van der Waals surface area contributed by atoms with Crippen LogP contribution in [-0.4, -0.2) is 56.1 Å². The molecule has 0 bridgehead atoms. The molecule has 0 radical (unpaired) electrons. The van der Waals surface area contributed by atoms with Crippen molar-refractivity contribution >= 4 is 54.0 Å². The fraction of sp³-hybridized carbons (Fsp3) is 0.391. The fourth-order valence-corrected chi connectivity index (χ4v) is 6.35. The minimum atomic E-state index is -3.36. The van der Waals surface area contributed by atoms with Gasteiger partial charge in [0.15, 0.2) is 15.0 Å². The summed E-state index contributed by atoms with van der Waals surface area (Å²) in [6.45, 7) is 6.53. The summed E-state index contributed by atoms with van der Waals surface area (Å²) in [6.07, 6.45) is 0.567. The van der Waals surface area contributed by atoms with Crippen LogP contribution < -0.4 is 4.90 Å². The molecule has 4 rings (SSSR count). The highest BCUT2D eigenvalue weighted by Crippen LogP contribution is 2.33. The second-order valence-corrected chi connectivity index (χ2v) is 11.6. The number of anilines is 1. The summed E-state index contributed by atoms with van der Waals surface area (Å²) in [5.41, 5.74) is 2.94. The molecule has 1 aromatic heterocycles. The number of amides is 1. The number of carbonyl (C=O) groups is 1. The molecule has 0 atom stereocenters. The number of piperazine rings is 1. The highest BCUT2D eigenvalue weighted by atomic mass is 35.5. The summed E-state index contributed by atoms with van der Waals surface area (Å²) in [5.74, 6) is -0.00858. The normalized spacial score (nSPS) is 14.8. The number of hydrogen-bond acceptors (Lipinski definition) is 6. The van der Waals surface area contributed by atoms with Gasteiger partial charge < -0.3 is 9.80 Å². The second-order valence-electron chi connectivity index (χ2n) is 8.12. The van der Waals surface area contributed by atoms with E-state index in [0.717, 1.165) is 26.5 Å². The molecule has 9 heteroatoms. The van der Waals surface area contributed by atoms with Crippen LogP contribution in [0.15, 0.2) is 41.3 Å². The van der Waals surface area contributed by atoms with Crippen LogP contribution in [0.1, 0.15) is 24.0 Å². The van der Waals surface area contributed by atoms with E-state index in [1.54, 1.807) is 35.6 Å². The first-order chi connectivity index (χ1) is 15.2. The van der Waals surface area contributed by atoms with Crippen molar-refractivity contribution in [2.75, 3.05) is 36.8 Å². The number of aryl methyl sites for hydroxylation is 2. The van der Waals surface area contributed by atoms with Gasteiger partial charge in [-0.1, -0.05) is 40.6 Å². The summed E-state index contributed by atoms with van der Waals surface area (Å²) >= 11 is 7.85. The maximum absolute atomic E-state index is 12.6. The van der Waals surface area contributed by atoms with Crippen LogP contribution in [-0.2, 0) is 14.6 Å². The average molecular weight is 492 g/mol. The minimum Gasteiger partial charge on any atom is -0.345 e. The number of thiazole rings is 1. The van der Waals surface area contributed by atoms with E-state index in [1.165, 1.54) is 0 Å². The van der Waals surface area contributed by atoms with Gasteiger partial charge in [-0.2, -0.15) is 0 Å².